The van der Waals surface area contributed by atoms with E-state index < -0.39 is 10.0 Å². The van der Waals surface area contributed by atoms with Crippen molar-refractivity contribution < 1.29 is 17.9 Å². The molecule has 1 saturated heterocycles. The van der Waals surface area contributed by atoms with E-state index in [0.29, 0.717) is 31.1 Å². The summed E-state index contributed by atoms with van der Waals surface area (Å²) in [6.07, 6.45) is 0. The van der Waals surface area contributed by atoms with Gasteiger partial charge in [0.15, 0.2) is 0 Å². The molecule has 0 bridgehead atoms. The van der Waals surface area contributed by atoms with Gasteiger partial charge in [-0.2, -0.15) is 4.31 Å². The normalized spacial score (nSPS) is 18.4. The zero-order chi connectivity index (χ0) is 19.6. The lowest BCUT2D eigenvalue weighted by atomic mass is 10.1. The minimum Gasteiger partial charge on any atom is -0.497 e. The van der Waals surface area contributed by atoms with Crippen molar-refractivity contribution >= 4 is 15.7 Å². The van der Waals surface area contributed by atoms with Crippen molar-refractivity contribution in [2.45, 2.75) is 24.8 Å². The van der Waals surface area contributed by atoms with Crippen LogP contribution in [0.3, 0.4) is 0 Å². The molecule has 1 aliphatic rings. The third-order valence-corrected chi connectivity index (χ3v) is 6.80. The first-order chi connectivity index (χ1) is 12.9. The van der Waals surface area contributed by atoms with Crippen LogP contribution in [0.4, 0.5) is 5.69 Å². The molecule has 2 aromatic carbocycles. The number of rotatable bonds is 5. The van der Waals surface area contributed by atoms with Crippen molar-refractivity contribution in [3.8, 4) is 11.5 Å². The van der Waals surface area contributed by atoms with Gasteiger partial charge in [-0.05, 0) is 43.7 Å². The zero-order valence-corrected chi connectivity index (χ0v) is 17.0. The van der Waals surface area contributed by atoms with E-state index in [1.165, 1.54) is 30.2 Å². The molecule has 27 heavy (non-hydrogen) atoms. The molecule has 0 amide bonds. The van der Waals surface area contributed by atoms with Crippen LogP contribution in [0.1, 0.15) is 12.5 Å². The number of hydrogen-bond acceptors (Lipinski definition) is 5. The molecule has 1 heterocycles. The zero-order valence-electron chi connectivity index (χ0n) is 16.2. The van der Waals surface area contributed by atoms with Crippen LogP contribution < -0.4 is 14.4 Å². The molecule has 6 nitrogen and oxygen atoms in total. The van der Waals surface area contributed by atoms with Gasteiger partial charge in [0.2, 0.25) is 10.0 Å². The summed E-state index contributed by atoms with van der Waals surface area (Å²) in [6, 6.07) is 13.2. The van der Waals surface area contributed by atoms with Gasteiger partial charge in [0.1, 0.15) is 16.4 Å². The molecule has 2 aromatic rings. The average Bonchev–Trinajstić information content (AvgIpc) is 2.67. The first-order valence-electron chi connectivity index (χ1n) is 8.92. The second-order valence-corrected chi connectivity index (χ2v) is 8.67. The fourth-order valence-corrected chi connectivity index (χ4v) is 5.14. The second-order valence-electron chi connectivity index (χ2n) is 6.76. The number of piperazine rings is 1. The van der Waals surface area contributed by atoms with E-state index in [2.05, 4.69) is 30.0 Å². The van der Waals surface area contributed by atoms with Crippen molar-refractivity contribution in [2.24, 2.45) is 0 Å². The minimum atomic E-state index is -3.68. The molecule has 1 aliphatic heterocycles. The van der Waals surface area contributed by atoms with Crippen molar-refractivity contribution in [3.63, 3.8) is 0 Å². The number of ether oxygens (including phenoxy) is 2. The van der Waals surface area contributed by atoms with Gasteiger partial charge in [-0.15, -0.1) is 0 Å². The summed E-state index contributed by atoms with van der Waals surface area (Å²) in [5, 5.41) is 0. The Kier molecular flexibility index (Phi) is 5.62. The maximum absolute atomic E-state index is 13.2. The van der Waals surface area contributed by atoms with Gasteiger partial charge in [-0.3, -0.25) is 0 Å². The molecule has 0 saturated carbocycles. The van der Waals surface area contributed by atoms with Crippen molar-refractivity contribution in [3.05, 3.63) is 48.0 Å². The highest BCUT2D eigenvalue weighted by Gasteiger charge is 2.34. The topological polar surface area (TPSA) is 59.1 Å². The lowest BCUT2D eigenvalue weighted by Gasteiger charge is -2.40. The van der Waals surface area contributed by atoms with Gasteiger partial charge in [0.05, 0.1) is 14.2 Å². The van der Waals surface area contributed by atoms with Crippen molar-refractivity contribution in [1.82, 2.24) is 4.31 Å². The maximum Gasteiger partial charge on any atom is 0.247 e. The number of nitrogens with zero attached hydrogens (tertiary/aromatic N) is 2. The van der Waals surface area contributed by atoms with Gasteiger partial charge in [-0.25, -0.2) is 8.42 Å². The number of anilines is 1. The van der Waals surface area contributed by atoms with Crippen LogP contribution in [-0.2, 0) is 10.0 Å². The summed E-state index contributed by atoms with van der Waals surface area (Å²) in [5.74, 6) is 0.811. The highest BCUT2D eigenvalue weighted by molar-refractivity contribution is 7.89. The predicted molar refractivity (Wildman–Crippen MR) is 106 cm³/mol. The standard InChI is InChI=1S/C20H26N2O4S/c1-15-6-5-7-17(12-15)22-11-10-21(14-16(22)2)27(23,24)20-13-18(25-3)8-9-19(20)26-4/h5-9,12-13,16H,10-11,14H2,1-4H3. The lowest BCUT2D eigenvalue weighted by molar-refractivity contribution is 0.338. The number of sulfonamides is 1. The third kappa shape index (κ3) is 3.89. The van der Waals surface area contributed by atoms with Crippen LogP contribution in [0, 0.1) is 6.92 Å². The highest BCUT2D eigenvalue weighted by Crippen LogP contribution is 2.32. The third-order valence-electron chi connectivity index (χ3n) is 4.91. The average molecular weight is 391 g/mol. The molecule has 3 rings (SSSR count). The molecule has 1 fully saturated rings. The van der Waals surface area contributed by atoms with Crippen LogP contribution >= 0.6 is 0 Å². The molecular weight excluding hydrogens is 364 g/mol. The first kappa shape index (κ1) is 19.5. The molecule has 146 valence electrons. The van der Waals surface area contributed by atoms with Crippen LogP contribution in [0.15, 0.2) is 47.4 Å². The summed E-state index contributed by atoms with van der Waals surface area (Å²) in [6.45, 7) is 5.57. The van der Waals surface area contributed by atoms with Crippen LogP contribution in [0.5, 0.6) is 11.5 Å². The summed E-state index contributed by atoms with van der Waals surface area (Å²) in [5.41, 5.74) is 2.31. The second kappa shape index (κ2) is 7.78. The number of methoxy groups -OCH3 is 2. The highest BCUT2D eigenvalue weighted by atomic mass is 32.2. The Balaban J connectivity index is 1.86. The molecule has 0 spiro atoms. The Morgan fingerprint density at radius 1 is 1.04 bits per heavy atom. The van der Waals surface area contributed by atoms with Gasteiger partial charge < -0.3 is 14.4 Å². The fourth-order valence-electron chi connectivity index (χ4n) is 3.46. The fraction of sp³-hybridized carbons (Fsp3) is 0.400. The van der Waals surface area contributed by atoms with E-state index in [0.717, 1.165) is 5.69 Å². The Morgan fingerprint density at radius 3 is 2.44 bits per heavy atom. The van der Waals surface area contributed by atoms with E-state index in [9.17, 15) is 8.42 Å². The summed E-state index contributed by atoms with van der Waals surface area (Å²) >= 11 is 0. The SMILES string of the molecule is COc1ccc(OC)c(S(=O)(=O)N2CCN(c3cccc(C)c3)C(C)C2)c1. The molecule has 0 radical (unpaired) electrons. The molecular formula is C20H26N2O4S. The molecule has 1 unspecified atom stereocenters. The van der Waals surface area contributed by atoms with E-state index >= 15 is 0 Å². The Bertz CT molecular complexity index is 914. The smallest absolute Gasteiger partial charge is 0.247 e. The Morgan fingerprint density at radius 2 is 1.81 bits per heavy atom. The van der Waals surface area contributed by atoms with E-state index in [-0.39, 0.29) is 10.9 Å². The molecule has 0 N–H and O–H groups in total. The number of benzene rings is 2. The number of aryl methyl sites for hydroxylation is 1. The van der Waals surface area contributed by atoms with E-state index in [1.807, 2.05) is 13.0 Å². The lowest BCUT2D eigenvalue weighted by Crippen LogP contribution is -2.53. The van der Waals surface area contributed by atoms with Gasteiger partial charge >= 0.3 is 0 Å². The predicted octanol–water partition coefficient (Wildman–Crippen LogP) is 2.91. The molecule has 7 heteroatoms. The van der Waals surface area contributed by atoms with Gasteiger partial charge in [-0.1, -0.05) is 12.1 Å². The van der Waals surface area contributed by atoms with Gasteiger partial charge in [0, 0.05) is 37.4 Å². The quantitative estimate of drug-likeness (QED) is 0.786. The Labute approximate surface area is 161 Å². The maximum atomic E-state index is 13.2. The van der Waals surface area contributed by atoms with E-state index in [1.54, 1.807) is 12.1 Å². The van der Waals surface area contributed by atoms with Crippen LogP contribution in [-0.4, -0.2) is 52.6 Å². The van der Waals surface area contributed by atoms with E-state index in [4.69, 9.17) is 9.47 Å². The van der Waals surface area contributed by atoms with Crippen LogP contribution in [0.2, 0.25) is 0 Å². The largest absolute Gasteiger partial charge is 0.497 e. The summed E-state index contributed by atoms with van der Waals surface area (Å²) in [7, 11) is -0.696. The van der Waals surface area contributed by atoms with Gasteiger partial charge in [0.25, 0.3) is 0 Å². The summed E-state index contributed by atoms with van der Waals surface area (Å²) in [4.78, 5) is 2.39. The molecule has 0 aromatic heterocycles. The van der Waals surface area contributed by atoms with Crippen molar-refractivity contribution in [1.29, 1.82) is 0 Å². The first-order valence-corrected chi connectivity index (χ1v) is 10.4. The minimum absolute atomic E-state index is 0.0620. The van der Waals surface area contributed by atoms with Crippen LogP contribution in [0.25, 0.3) is 0 Å². The summed E-state index contributed by atoms with van der Waals surface area (Å²) < 4.78 is 38.5. The Hall–Kier alpha value is -2.25. The van der Waals surface area contributed by atoms with Crippen molar-refractivity contribution in [2.75, 3.05) is 38.8 Å². The number of hydrogen-bond donors (Lipinski definition) is 0. The molecule has 0 aliphatic carbocycles. The molecule has 1 atom stereocenters. The monoisotopic (exact) mass is 390 g/mol.